The molecule has 100 valence electrons. The molecule has 3 N–H and O–H groups in total. The largest absolute Gasteiger partial charge is 0.394 e. The maximum atomic E-state index is 9.64. The van der Waals surface area contributed by atoms with E-state index >= 15 is 0 Å². The maximum absolute atomic E-state index is 9.64. The minimum Gasteiger partial charge on any atom is -0.394 e. The Morgan fingerprint density at radius 2 is 2.06 bits per heavy atom. The molecule has 1 aromatic carbocycles. The average molecular weight is 254 g/mol. The zero-order valence-corrected chi connectivity index (χ0v) is 9.98. The van der Waals surface area contributed by atoms with E-state index < -0.39 is 24.6 Å². The molecule has 2 rings (SSSR count). The molecule has 5 heteroatoms. The van der Waals surface area contributed by atoms with Crippen molar-refractivity contribution in [3.63, 3.8) is 0 Å². The Balaban J connectivity index is 1.83. The van der Waals surface area contributed by atoms with E-state index in [4.69, 9.17) is 14.6 Å². The summed E-state index contributed by atoms with van der Waals surface area (Å²) in [5.41, 5.74) is 1.01. The minimum absolute atomic E-state index is 0.371. The molecule has 0 spiro atoms. The van der Waals surface area contributed by atoms with E-state index in [1.54, 1.807) is 0 Å². The Kier molecular flexibility index (Phi) is 4.68. The summed E-state index contributed by atoms with van der Waals surface area (Å²) in [7, 11) is 0. The Morgan fingerprint density at radius 1 is 1.33 bits per heavy atom. The van der Waals surface area contributed by atoms with Crippen LogP contribution in [0.3, 0.4) is 0 Å². The first-order valence-electron chi connectivity index (χ1n) is 5.98. The molecule has 1 aliphatic rings. The van der Waals surface area contributed by atoms with Gasteiger partial charge in [0, 0.05) is 6.42 Å². The molecule has 1 saturated heterocycles. The highest BCUT2D eigenvalue weighted by Gasteiger charge is 2.38. The molecule has 1 aromatic rings. The van der Waals surface area contributed by atoms with Gasteiger partial charge in [-0.3, -0.25) is 0 Å². The van der Waals surface area contributed by atoms with Crippen LogP contribution in [0.1, 0.15) is 12.0 Å². The smallest absolute Gasteiger partial charge is 0.181 e. The zero-order valence-electron chi connectivity index (χ0n) is 9.98. The van der Waals surface area contributed by atoms with Crippen LogP contribution in [-0.4, -0.2) is 46.5 Å². The molecule has 0 amide bonds. The van der Waals surface area contributed by atoms with Gasteiger partial charge >= 0.3 is 0 Å². The third-order valence-corrected chi connectivity index (χ3v) is 3.02. The van der Waals surface area contributed by atoms with E-state index in [0.29, 0.717) is 13.0 Å². The maximum Gasteiger partial charge on any atom is 0.181 e. The van der Waals surface area contributed by atoms with Crippen LogP contribution < -0.4 is 0 Å². The molecule has 0 bridgehead atoms. The van der Waals surface area contributed by atoms with Gasteiger partial charge < -0.3 is 24.8 Å². The van der Waals surface area contributed by atoms with Crippen molar-refractivity contribution in [3.8, 4) is 0 Å². The molecule has 18 heavy (non-hydrogen) atoms. The Labute approximate surface area is 106 Å². The van der Waals surface area contributed by atoms with Crippen LogP contribution in [0.15, 0.2) is 30.3 Å². The summed E-state index contributed by atoms with van der Waals surface area (Å²) in [6.07, 6.45) is -2.72. The fourth-order valence-corrected chi connectivity index (χ4v) is 1.96. The van der Waals surface area contributed by atoms with Crippen LogP contribution in [0, 0.1) is 0 Å². The molecule has 4 atom stereocenters. The average Bonchev–Trinajstić information content (AvgIpc) is 2.78. The van der Waals surface area contributed by atoms with Gasteiger partial charge in [-0.05, 0) is 5.56 Å². The van der Waals surface area contributed by atoms with Gasteiger partial charge in [0.2, 0.25) is 0 Å². The SMILES string of the molecule is OC[C@@H](O)[C@@H]1C[C@H](OCc2ccccc2)[C@@H](O)O1. The molecule has 1 fully saturated rings. The highest BCUT2D eigenvalue weighted by atomic mass is 16.7. The Bertz CT molecular complexity index is 356. The van der Waals surface area contributed by atoms with Gasteiger partial charge in [-0.1, -0.05) is 30.3 Å². The summed E-state index contributed by atoms with van der Waals surface area (Å²) < 4.78 is 10.7. The van der Waals surface area contributed by atoms with E-state index in [-0.39, 0.29) is 6.61 Å². The first-order valence-corrected chi connectivity index (χ1v) is 5.98. The highest BCUT2D eigenvalue weighted by molar-refractivity contribution is 5.13. The fourth-order valence-electron chi connectivity index (χ4n) is 1.96. The van der Waals surface area contributed by atoms with Crippen LogP contribution in [0.4, 0.5) is 0 Å². The van der Waals surface area contributed by atoms with Crippen molar-refractivity contribution in [3.05, 3.63) is 35.9 Å². The standard InChI is InChI=1S/C13H18O5/c14-7-10(15)11-6-12(13(16)18-11)17-8-9-4-2-1-3-5-9/h1-5,10-16H,6-8H2/t10-,11+,12+,13+/m1/s1. The van der Waals surface area contributed by atoms with Gasteiger partial charge in [0.1, 0.15) is 12.2 Å². The molecular formula is C13H18O5. The number of hydrogen-bond acceptors (Lipinski definition) is 5. The van der Waals surface area contributed by atoms with Crippen molar-refractivity contribution in [1.82, 2.24) is 0 Å². The highest BCUT2D eigenvalue weighted by Crippen LogP contribution is 2.24. The second-order valence-corrected chi connectivity index (χ2v) is 4.39. The number of hydrogen-bond donors (Lipinski definition) is 3. The van der Waals surface area contributed by atoms with Crippen molar-refractivity contribution in [2.45, 2.75) is 37.6 Å². The zero-order chi connectivity index (χ0) is 13.0. The summed E-state index contributed by atoms with van der Waals surface area (Å²) in [5.74, 6) is 0. The first-order chi connectivity index (χ1) is 8.70. The molecule has 0 radical (unpaired) electrons. The lowest BCUT2D eigenvalue weighted by molar-refractivity contribution is -0.160. The van der Waals surface area contributed by atoms with Gasteiger partial charge in [-0.2, -0.15) is 0 Å². The van der Waals surface area contributed by atoms with Gasteiger partial charge in [0.15, 0.2) is 6.29 Å². The van der Waals surface area contributed by atoms with E-state index in [2.05, 4.69) is 0 Å². The van der Waals surface area contributed by atoms with Crippen molar-refractivity contribution >= 4 is 0 Å². The molecule has 1 heterocycles. The van der Waals surface area contributed by atoms with Gasteiger partial charge in [-0.25, -0.2) is 0 Å². The lowest BCUT2D eigenvalue weighted by Crippen LogP contribution is -2.29. The quantitative estimate of drug-likeness (QED) is 0.691. The molecule has 1 aliphatic heterocycles. The molecular weight excluding hydrogens is 236 g/mol. The number of rotatable bonds is 5. The monoisotopic (exact) mass is 254 g/mol. The predicted octanol–water partition coefficient (Wildman–Crippen LogP) is 0.0323. The summed E-state index contributed by atoms with van der Waals surface area (Å²) in [6, 6.07) is 9.62. The van der Waals surface area contributed by atoms with Crippen LogP contribution in [0.2, 0.25) is 0 Å². The number of ether oxygens (including phenoxy) is 2. The summed E-state index contributed by atoms with van der Waals surface area (Å²) >= 11 is 0. The second-order valence-electron chi connectivity index (χ2n) is 4.39. The van der Waals surface area contributed by atoms with E-state index in [1.807, 2.05) is 30.3 Å². The van der Waals surface area contributed by atoms with Crippen LogP contribution >= 0.6 is 0 Å². The topological polar surface area (TPSA) is 79.2 Å². The lowest BCUT2D eigenvalue weighted by atomic mass is 10.1. The second kappa shape index (κ2) is 6.26. The van der Waals surface area contributed by atoms with E-state index in [0.717, 1.165) is 5.56 Å². The fraction of sp³-hybridized carbons (Fsp3) is 0.538. The summed E-state index contributed by atoms with van der Waals surface area (Å²) in [6.45, 7) is -0.00331. The van der Waals surface area contributed by atoms with Gasteiger partial charge in [0.05, 0.1) is 19.3 Å². The number of benzene rings is 1. The normalized spacial score (nSPS) is 29.4. The predicted molar refractivity (Wildman–Crippen MR) is 63.6 cm³/mol. The molecule has 0 saturated carbocycles. The van der Waals surface area contributed by atoms with E-state index in [1.165, 1.54) is 0 Å². The van der Waals surface area contributed by atoms with Gasteiger partial charge in [0.25, 0.3) is 0 Å². The van der Waals surface area contributed by atoms with Crippen molar-refractivity contribution in [1.29, 1.82) is 0 Å². The van der Waals surface area contributed by atoms with Crippen LogP contribution in [-0.2, 0) is 16.1 Å². The van der Waals surface area contributed by atoms with Crippen molar-refractivity contribution in [2.24, 2.45) is 0 Å². The summed E-state index contributed by atoms with van der Waals surface area (Å²) in [5, 5.41) is 27.9. The molecule has 5 nitrogen and oxygen atoms in total. The summed E-state index contributed by atoms with van der Waals surface area (Å²) in [4.78, 5) is 0. The molecule has 0 aliphatic carbocycles. The lowest BCUT2D eigenvalue weighted by Gasteiger charge is -2.14. The van der Waals surface area contributed by atoms with E-state index in [9.17, 15) is 10.2 Å². The number of aliphatic hydroxyl groups excluding tert-OH is 3. The molecule has 0 unspecified atom stereocenters. The van der Waals surface area contributed by atoms with Crippen molar-refractivity contribution in [2.75, 3.05) is 6.61 Å². The third kappa shape index (κ3) is 3.28. The minimum atomic E-state index is -1.06. The first kappa shape index (κ1) is 13.5. The Morgan fingerprint density at radius 3 is 2.72 bits per heavy atom. The number of aliphatic hydroxyl groups is 3. The van der Waals surface area contributed by atoms with Crippen LogP contribution in [0.5, 0.6) is 0 Å². The molecule has 0 aromatic heterocycles. The third-order valence-electron chi connectivity index (χ3n) is 3.02. The van der Waals surface area contributed by atoms with Crippen LogP contribution in [0.25, 0.3) is 0 Å². The Hall–Kier alpha value is -0.980. The van der Waals surface area contributed by atoms with Gasteiger partial charge in [-0.15, -0.1) is 0 Å². The van der Waals surface area contributed by atoms with Crippen molar-refractivity contribution < 1.29 is 24.8 Å².